The van der Waals surface area contributed by atoms with Crippen molar-refractivity contribution < 1.29 is 14.3 Å². The average Bonchev–Trinajstić information content (AvgIpc) is 3.68. The minimum absolute atomic E-state index is 0.188. The summed E-state index contributed by atoms with van der Waals surface area (Å²) in [4.78, 5) is 40.4. The van der Waals surface area contributed by atoms with Crippen LogP contribution in [0.4, 0.5) is 17.2 Å². The number of nitrogen functional groups attached to an aromatic ring is 1. The average molecular weight is 811 g/mol. The highest BCUT2D eigenvalue weighted by Gasteiger charge is 2.29. The Labute approximate surface area is 352 Å². The molecule has 9 rings (SSSR count). The number of nitrogens with zero attached hydrogens (tertiary/aromatic N) is 7. The minimum atomic E-state index is -0.354. The first-order chi connectivity index (χ1) is 29.4. The van der Waals surface area contributed by atoms with Gasteiger partial charge in [-0.05, 0) is 156 Å². The number of para-hydroxylation sites is 1. The smallest absolute Gasteiger partial charge is 0.249 e. The summed E-state index contributed by atoms with van der Waals surface area (Å²) in [6.07, 6.45) is 12.3. The lowest BCUT2D eigenvalue weighted by molar-refractivity contribution is -0.133. The van der Waals surface area contributed by atoms with Gasteiger partial charge in [-0.1, -0.05) is 18.2 Å². The van der Waals surface area contributed by atoms with Crippen LogP contribution in [0.2, 0.25) is 0 Å². The van der Waals surface area contributed by atoms with E-state index < -0.39 is 0 Å². The van der Waals surface area contributed by atoms with E-state index in [4.69, 9.17) is 15.6 Å². The molecule has 0 saturated carbocycles. The molecule has 0 aliphatic carbocycles. The number of imide groups is 1. The summed E-state index contributed by atoms with van der Waals surface area (Å²) < 4.78 is 8.12. The molecule has 60 heavy (non-hydrogen) atoms. The van der Waals surface area contributed by atoms with Crippen LogP contribution in [0.25, 0.3) is 22.3 Å². The number of hydrogen-bond donors (Lipinski definition) is 3. The van der Waals surface area contributed by atoms with Crippen molar-refractivity contribution in [1.82, 2.24) is 34.9 Å². The van der Waals surface area contributed by atoms with E-state index in [1.54, 1.807) is 6.33 Å². The Hall–Kier alpha value is -5.53. The fourth-order valence-electron chi connectivity index (χ4n) is 9.81. The SMILES string of the molecule is Nc1ncnc2c1c(-c1ccc(Oc3ccccc3)cc1)nn2C1CCN(CCCN2CCC(CC3CCN(c4ccc(NC5CCC(=O)NC5=O)cc4)CC3)CC2)CC1. The molecule has 2 amide bonds. The third-order valence-electron chi connectivity index (χ3n) is 13.3. The molecule has 4 saturated heterocycles. The first-order valence-electron chi connectivity index (χ1n) is 22.1. The summed E-state index contributed by atoms with van der Waals surface area (Å²) in [5, 5.41) is 11.7. The molecule has 4 N–H and O–H groups in total. The lowest BCUT2D eigenvalue weighted by Crippen LogP contribution is -2.47. The van der Waals surface area contributed by atoms with Crippen molar-refractivity contribution in [3.63, 3.8) is 0 Å². The number of rotatable bonds is 13. The number of carbonyl (C=O) groups is 2. The number of piperidine rings is 4. The van der Waals surface area contributed by atoms with E-state index in [-0.39, 0.29) is 23.9 Å². The fraction of sp³-hybridized carbons (Fsp3) is 0.468. The lowest BCUT2D eigenvalue weighted by Gasteiger charge is -2.38. The van der Waals surface area contributed by atoms with E-state index in [9.17, 15) is 9.59 Å². The Morgan fingerprint density at radius 3 is 2.07 bits per heavy atom. The molecular formula is C47H58N10O3. The largest absolute Gasteiger partial charge is 0.457 e. The Morgan fingerprint density at radius 1 is 0.733 bits per heavy atom. The van der Waals surface area contributed by atoms with Crippen molar-refractivity contribution in [3.8, 4) is 22.8 Å². The van der Waals surface area contributed by atoms with Gasteiger partial charge in [-0.3, -0.25) is 14.9 Å². The Bertz CT molecular complexity index is 2210. The third kappa shape index (κ3) is 9.42. The number of nitrogens with one attached hydrogen (secondary N) is 2. The van der Waals surface area contributed by atoms with Gasteiger partial charge in [0.15, 0.2) is 5.65 Å². The summed E-state index contributed by atoms with van der Waals surface area (Å²) in [5.41, 5.74) is 11.2. The van der Waals surface area contributed by atoms with E-state index in [2.05, 4.69) is 64.2 Å². The van der Waals surface area contributed by atoms with Crippen LogP contribution < -0.4 is 26.0 Å². The second kappa shape index (κ2) is 18.4. The van der Waals surface area contributed by atoms with Crippen molar-refractivity contribution in [2.24, 2.45) is 11.8 Å². The van der Waals surface area contributed by atoms with E-state index in [1.807, 2.05) is 54.6 Å². The Kier molecular flexibility index (Phi) is 12.2. The molecule has 0 radical (unpaired) electrons. The van der Waals surface area contributed by atoms with Crippen LogP contribution >= 0.6 is 0 Å². The van der Waals surface area contributed by atoms with Gasteiger partial charge < -0.3 is 30.5 Å². The summed E-state index contributed by atoms with van der Waals surface area (Å²) >= 11 is 0. The first-order valence-corrected chi connectivity index (χ1v) is 22.1. The number of ether oxygens (including phenoxy) is 1. The second-order valence-electron chi connectivity index (χ2n) is 17.3. The molecule has 5 aromatic rings. The molecule has 4 aliphatic rings. The molecule has 4 aliphatic heterocycles. The summed E-state index contributed by atoms with van der Waals surface area (Å²) in [6, 6.07) is 26.1. The monoisotopic (exact) mass is 810 g/mol. The molecule has 0 bridgehead atoms. The van der Waals surface area contributed by atoms with Crippen LogP contribution in [0.5, 0.6) is 11.5 Å². The number of benzene rings is 3. The zero-order valence-electron chi connectivity index (χ0n) is 34.6. The summed E-state index contributed by atoms with van der Waals surface area (Å²) in [7, 11) is 0. The maximum Gasteiger partial charge on any atom is 0.249 e. The van der Waals surface area contributed by atoms with E-state index in [0.29, 0.717) is 18.7 Å². The van der Waals surface area contributed by atoms with Gasteiger partial charge in [-0.2, -0.15) is 5.10 Å². The number of amides is 2. The molecule has 0 spiro atoms. The number of carbonyl (C=O) groups excluding carboxylic acids is 2. The molecule has 2 aromatic heterocycles. The number of anilines is 3. The number of fused-ring (bicyclic) bond motifs is 1. The van der Waals surface area contributed by atoms with Gasteiger partial charge >= 0.3 is 0 Å². The third-order valence-corrected chi connectivity index (χ3v) is 13.3. The topological polar surface area (TPSA) is 147 Å². The van der Waals surface area contributed by atoms with Crippen LogP contribution in [-0.2, 0) is 9.59 Å². The maximum absolute atomic E-state index is 12.1. The van der Waals surface area contributed by atoms with E-state index in [1.165, 1.54) is 63.8 Å². The molecule has 1 atom stereocenters. The zero-order chi connectivity index (χ0) is 40.8. The summed E-state index contributed by atoms with van der Waals surface area (Å²) in [5.74, 6) is 3.27. The number of nitrogens with two attached hydrogens (primary N) is 1. The van der Waals surface area contributed by atoms with Crippen molar-refractivity contribution in [1.29, 1.82) is 0 Å². The van der Waals surface area contributed by atoms with Crippen molar-refractivity contribution in [3.05, 3.63) is 85.2 Å². The van der Waals surface area contributed by atoms with Gasteiger partial charge in [-0.25, -0.2) is 14.6 Å². The lowest BCUT2D eigenvalue weighted by atomic mass is 9.82. The molecule has 4 fully saturated rings. The zero-order valence-corrected chi connectivity index (χ0v) is 34.6. The van der Waals surface area contributed by atoms with Gasteiger partial charge in [0.25, 0.3) is 0 Å². The molecule has 13 nitrogen and oxygen atoms in total. The van der Waals surface area contributed by atoms with Crippen molar-refractivity contribution in [2.45, 2.75) is 76.3 Å². The van der Waals surface area contributed by atoms with Crippen LogP contribution in [-0.4, -0.2) is 99.8 Å². The maximum atomic E-state index is 12.1. The Balaban J connectivity index is 0.683. The number of likely N-dealkylation sites (tertiary alicyclic amines) is 2. The van der Waals surface area contributed by atoms with Crippen LogP contribution in [0.3, 0.4) is 0 Å². The number of aromatic nitrogens is 4. The molecule has 314 valence electrons. The van der Waals surface area contributed by atoms with Gasteiger partial charge in [0.2, 0.25) is 11.8 Å². The highest BCUT2D eigenvalue weighted by Crippen LogP contribution is 2.36. The van der Waals surface area contributed by atoms with Gasteiger partial charge in [0, 0.05) is 49.5 Å². The standard InChI is InChI=1S/C47H58N10O3/c48-45-43-44(35-7-13-40(14-8-35)60-39-5-2-1-3-6-39)53-57(46(43)50-32-49-45)38-21-27-55(28-22-38)24-4-23-54-25-17-33(18-26-54)31-34-19-29-56(30-20-34)37-11-9-36(10-12-37)51-41-15-16-42(58)52-47(41)59/h1-3,5-14,32-34,38,41,51H,4,15-31H2,(H2,48,49,50)(H,52,58,59). The van der Waals surface area contributed by atoms with Crippen LogP contribution in [0, 0.1) is 11.8 Å². The molecule has 6 heterocycles. The van der Waals surface area contributed by atoms with Crippen LogP contribution in [0.15, 0.2) is 85.2 Å². The predicted octanol–water partition coefficient (Wildman–Crippen LogP) is 7.13. The molecule has 1 unspecified atom stereocenters. The molecule has 3 aromatic carbocycles. The van der Waals surface area contributed by atoms with E-state index in [0.717, 1.165) is 96.9 Å². The van der Waals surface area contributed by atoms with Crippen molar-refractivity contribution in [2.75, 3.05) is 68.3 Å². The quantitative estimate of drug-likeness (QED) is 0.104. The predicted molar refractivity (Wildman–Crippen MR) is 236 cm³/mol. The van der Waals surface area contributed by atoms with Gasteiger partial charge in [0.1, 0.15) is 35.4 Å². The highest BCUT2D eigenvalue weighted by atomic mass is 16.5. The van der Waals surface area contributed by atoms with Crippen LogP contribution in [0.1, 0.15) is 70.3 Å². The fourth-order valence-corrected chi connectivity index (χ4v) is 9.81. The van der Waals surface area contributed by atoms with Gasteiger partial charge in [-0.15, -0.1) is 0 Å². The minimum Gasteiger partial charge on any atom is -0.457 e. The second-order valence-corrected chi connectivity index (χ2v) is 17.3. The first kappa shape index (κ1) is 39.9. The molecular weight excluding hydrogens is 753 g/mol. The number of hydrogen-bond acceptors (Lipinski definition) is 11. The highest BCUT2D eigenvalue weighted by molar-refractivity contribution is 6.01. The molecule has 13 heteroatoms. The summed E-state index contributed by atoms with van der Waals surface area (Å²) in [6.45, 7) is 9.10. The van der Waals surface area contributed by atoms with E-state index >= 15 is 0 Å². The van der Waals surface area contributed by atoms with Gasteiger partial charge in [0.05, 0.1) is 11.4 Å². The van der Waals surface area contributed by atoms with Crippen molar-refractivity contribution >= 4 is 40.0 Å². The Morgan fingerprint density at radius 2 is 1.38 bits per heavy atom. The normalized spacial score (nSPS) is 20.4.